The van der Waals surface area contributed by atoms with Gasteiger partial charge in [-0.15, -0.1) is 47.0 Å². The van der Waals surface area contributed by atoms with Gasteiger partial charge in [-0.3, -0.25) is 0 Å². The topological polar surface area (TPSA) is 57.4 Å². The molecule has 0 spiro atoms. The number of rotatable bonds is 16. The Labute approximate surface area is 395 Å². The maximum atomic E-state index is 5.59. The van der Waals surface area contributed by atoms with E-state index in [0.29, 0.717) is 0 Å². The van der Waals surface area contributed by atoms with Crippen LogP contribution in [0.5, 0.6) is 0 Å². The van der Waals surface area contributed by atoms with Crippen LogP contribution >= 0.6 is 47.0 Å². The molecule has 2 aliphatic heterocycles. The number of aromatic nitrogens is 4. The molecule has 0 amide bonds. The van der Waals surface area contributed by atoms with Crippen molar-refractivity contribution in [2.45, 2.75) is 73.0 Å². The van der Waals surface area contributed by atoms with Gasteiger partial charge in [-0.1, -0.05) is 76.2 Å². The van der Waals surface area contributed by atoms with E-state index in [2.05, 4.69) is 183 Å². The van der Waals surface area contributed by atoms with Crippen molar-refractivity contribution in [2.24, 2.45) is 0 Å². The number of thioether (sulfide) groups is 4. The van der Waals surface area contributed by atoms with Crippen molar-refractivity contribution >= 4 is 93.4 Å². The maximum Gasteiger partial charge on any atom is 0.0737 e. The van der Waals surface area contributed by atoms with E-state index in [9.17, 15) is 0 Å². The first kappa shape index (κ1) is 44.1. The molecule has 0 radical (unpaired) electrons. The molecule has 3 aromatic heterocycles. The van der Waals surface area contributed by atoms with Gasteiger partial charge in [0.05, 0.1) is 22.8 Å². The smallest absolute Gasteiger partial charge is 0.0737 e. The number of nitrogens with zero attached hydrogens (tertiary/aromatic N) is 2. The van der Waals surface area contributed by atoms with E-state index in [1.807, 2.05) is 47.0 Å². The number of H-pyrrole nitrogens is 2. The van der Waals surface area contributed by atoms with Crippen LogP contribution < -0.4 is 0 Å². The lowest BCUT2D eigenvalue weighted by Crippen LogP contribution is -1.90. The van der Waals surface area contributed by atoms with Gasteiger partial charge in [0, 0.05) is 63.9 Å². The molecular weight excluding hydrogens is 857 g/mol. The van der Waals surface area contributed by atoms with E-state index in [0.717, 1.165) is 138 Å². The molecule has 9 rings (SSSR count). The normalized spacial score (nSPS) is 12.1. The lowest BCUT2D eigenvalue weighted by Gasteiger charge is -2.09. The zero-order valence-electron chi connectivity index (χ0n) is 37.0. The lowest BCUT2D eigenvalue weighted by atomic mass is 10.0. The van der Waals surface area contributed by atoms with E-state index in [4.69, 9.17) is 9.97 Å². The maximum absolute atomic E-state index is 5.59. The number of hydrogen-bond donors (Lipinski definition) is 2. The van der Waals surface area contributed by atoms with Crippen LogP contribution in [0.4, 0.5) is 0 Å². The molecule has 0 saturated heterocycles. The lowest BCUT2D eigenvalue weighted by molar-refractivity contribution is 1.10. The van der Waals surface area contributed by atoms with Gasteiger partial charge in [-0.25, -0.2) is 9.97 Å². The van der Waals surface area contributed by atoms with E-state index in [-0.39, 0.29) is 0 Å². The molecule has 8 bridgehead atoms. The van der Waals surface area contributed by atoms with Crippen molar-refractivity contribution in [2.75, 3.05) is 23.0 Å². The zero-order chi connectivity index (χ0) is 43.8. The predicted molar refractivity (Wildman–Crippen MR) is 285 cm³/mol. The second kappa shape index (κ2) is 20.8. The largest absolute Gasteiger partial charge is 0.354 e. The predicted octanol–water partition coefficient (Wildman–Crippen LogP) is 17.3. The second-order valence-corrected chi connectivity index (χ2v) is 20.7. The average Bonchev–Trinajstić information content (AvgIpc) is 4.18. The van der Waals surface area contributed by atoms with E-state index in [1.54, 1.807) is 0 Å². The summed E-state index contributed by atoms with van der Waals surface area (Å²) < 4.78 is 0. The third kappa shape index (κ3) is 9.76. The van der Waals surface area contributed by atoms with Crippen molar-refractivity contribution in [3.63, 3.8) is 0 Å². The van der Waals surface area contributed by atoms with Crippen LogP contribution in [0, 0.1) is 0 Å². The monoisotopic (exact) mass is 910 g/mol. The molecule has 0 aliphatic carbocycles. The minimum atomic E-state index is 0.927. The van der Waals surface area contributed by atoms with Gasteiger partial charge in [-0.2, -0.15) is 0 Å². The highest BCUT2D eigenvalue weighted by molar-refractivity contribution is 8.00. The summed E-state index contributed by atoms with van der Waals surface area (Å²) in [6.07, 6.45) is 13.3. The summed E-state index contributed by atoms with van der Waals surface area (Å²) in [4.78, 5) is 24.1. The van der Waals surface area contributed by atoms with Crippen molar-refractivity contribution in [1.29, 1.82) is 0 Å². The van der Waals surface area contributed by atoms with Crippen LogP contribution in [0.3, 0.4) is 0 Å². The number of benzene rings is 4. The van der Waals surface area contributed by atoms with Crippen LogP contribution in [-0.4, -0.2) is 42.9 Å². The Bertz CT molecular complexity index is 2630. The summed E-state index contributed by atoms with van der Waals surface area (Å²) in [6.45, 7) is 8.96. The fraction of sp³-hybridized carbons (Fsp3) is 0.214. The van der Waals surface area contributed by atoms with Gasteiger partial charge in [-0.05, 0) is 168 Å². The van der Waals surface area contributed by atoms with E-state index < -0.39 is 0 Å². The van der Waals surface area contributed by atoms with Gasteiger partial charge in [0.1, 0.15) is 0 Å². The zero-order valence-corrected chi connectivity index (χ0v) is 40.3. The Balaban J connectivity index is 1.41. The van der Waals surface area contributed by atoms with Gasteiger partial charge < -0.3 is 9.97 Å². The van der Waals surface area contributed by atoms with Gasteiger partial charge in [0.25, 0.3) is 0 Å². The van der Waals surface area contributed by atoms with Crippen molar-refractivity contribution < 1.29 is 0 Å². The van der Waals surface area contributed by atoms with Gasteiger partial charge in [0.2, 0.25) is 0 Å². The summed E-state index contributed by atoms with van der Waals surface area (Å²) in [5, 5.41) is 0. The van der Waals surface area contributed by atoms with E-state index >= 15 is 0 Å². The van der Waals surface area contributed by atoms with Gasteiger partial charge >= 0.3 is 0 Å². The van der Waals surface area contributed by atoms with Crippen LogP contribution in [0.25, 0.3) is 90.9 Å². The number of fused-ring (bicyclic) bond motifs is 8. The minimum Gasteiger partial charge on any atom is -0.354 e. The first-order valence-electron chi connectivity index (χ1n) is 22.6. The molecule has 322 valence electrons. The molecule has 4 nitrogen and oxygen atoms in total. The Hall–Kier alpha value is -5.12. The molecule has 0 atom stereocenters. The highest BCUT2D eigenvalue weighted by atomic mass is 32.2. The van der Waals surface area contributed by atoms with Crippen molar-refractivity contribution in [1.82, 2.24) is 19.9 Å². The third-order valence-corrected chi connectivity index (χ3v) is 15.9. The van der Waals surface area contributed by atoms with Crippen LogP contribution in [0.2, 0.25) is 0 Å². The molecular formula is C56H54N4S4. The molecule has 4 aromatic carbocycles. The highest BCUT2D eigenvalue weighted by Gasteiger charge is 2.20. The molecule has 2 N–H and O–H groups in total. The Morgan fingerprint density at radius 3 is 0.828 bits per heavy atom. The summed E-state index contributed by atoms with van der Waals surface area (Å²) >= 11 is 7.62. The fourth-order valence-electron chi connectivity index (χ4n) is 8.27. The summed E-state index contributed by atoms with van der Waals surface area (Å²) in [5.41, 5.74) is 16.6. The quantitative estimate of drug-likeness (QED) is 0.0942. The summed E-state index contributed by atoms with van der Waals surface area (Å²) in [6, 6.07) is 44.8. The standard InChI is InChI=1S/C56H54N4S4/c1-5-29-61-41-17-9-13-37(33-41)53-45-21-23-47(57-45)54(38-14-10-18-42(34-38)62-30-6-2)49-25-27-51(59-49)56(40-16-12-20-44(36-40)64-32-8-4)52-28-26-50(60-52)55(48-24-22-46(53)58-48)39-15-11-19-43(35-39)63-31-7-3/h9-28,33-36,57,60H,5-8,29-32H2,1-4H3. The Morgan fingerprint density at radius 1 is 0.344 bits per heavy atom. The van der Waals surface area contributed by atoms with Crippen LogP contribution in [0.15, 0.2) is 141 Å². The average molecular weight is 911 g/mol. The second-order valence-electron chi connectivity index (χ2n) is 16.0. The summed E-state index contributed by atoms with van der Waals surface area (Å²) in [7, 11) is 0. The molecule has 5 heterocycles. The van der Waals surface area contributed by atoms with Crippen molar-refractivity contribution in [3.05, 3.63) is 144 Å². The minimum absolute atomic E-state index is 0.927. The molecule has 7 aromatic rings. The first-order valence-corrected chi connectivity index (χ1v) is 26.6. The van der Waals surface area contributed by atoms with Gasteiger partial charge in [0.15, 0.2) is 0 Å². The van der Waals surface area contributed by atoms with Crippen LogP contribution in [0.1, 0.15) is 76.2 Å². The highest BCUT2D eigenvalue weighted by Crippen LogP contribution is 2.41. The molecule has 0 fully saturated rings. The Kier molecular flexibility index (Phi) is 14.3. The van der Waals surface area contributed by atoms with E-state index in [1.165, 1.54) is 19.6 Å². The molecule has 2 aliphatic rings. The molecule has 8 heteroatoms. The SMILES string of the molecule is CCCSc1cccc(-c2c3nc(c(-c4cccc(SCCC)c4)c4ccc([nH]4)c(-c4cccc(SCCC)c4)c4nc(c(-c5cccc(SCCC)c5)c5ccc2[nH]5)C=C4)C=C3)c1. The number of nitrogens with one attached hydrogen (secondary N) is 2. The molecule has 0 saturated carbocycles. The fourth-order valence-corrected chi connectivity index (χ4v) is 11.6. The number of hydrogen-bond acceptors (Lipinski definition) is 6. The first-order chi connectivity index (χ1) is 31.5. The van der Waals surface area contributed by atoms with Crippen LogP contribution in [-0.2, 0) is 0 Å². The molecule has 64 heavy (non-hydrogen) atoms. The van der Waals surface area contributed by atoms with Crippen molar-refractivity contribution in [3.8, 4) is 44.5 Å². The summed E-state index contributed by atoms with van der Waals surface area (Å²) in [5.74, 6) is 4.28. The third-order valence-electron chi connectivity index (χ3n) is 11.1. The number of aromatic amines is 2. The molecule has 0 unspecified atom stereocenters. The Morgan fingerprint density at radius 2 is 0.594 bits per heavy atom.